The van der Waals surface area contributed by atoms with Gasteiger partial charge in [0.1, 0.15) is 23.5 Å². The number of carbonyl (C=O) groups excluding carboxylic acids is 1. The third-order valence-corrected chi connectivity index (χ3v) is 4.46. The van der Waals surface area contributed by atoms with Crippen molar-refractivity contribution < 1.29 is 9.18 Å². The third kappa shape index (κ3) is 3.97. The molecule has 10 heteroatoms. The van der Waals surface area contributed by atoms with Gasteiger partial charge in [-0.2, -0.15) is 0 Å². The molecule has 1 unspecified atom stereocenters. The summed E-state index contributed by atoms with van der Waals surface area (Å²) in [6.07, 6.45) is 5.38. The molecule has 0 saturated heterocycles. The highest BCUT2D eigenvalue weighted by atomic mass is 35.5. The number of aromatic amines is 1. The second-order valence-electron chi connectivity index (χ2n) is 6.12. The fourth-order valence-electron chi connectivity index (χ4n) is 2.56. The average Bonchev–Trinajstić information content (AvgIpc) is 3.09. The highest BCUT2D eigenvalue weighted by molar-refractivity contribution is 6.28. The summed E-state index contributed by atoms with van der Waals surface area (Å²) in [5.74, 6) is 0.590. The number of hydrogen-bond donors (Lipinski definition) is 3. The van der Waals surface area contributed by atoms with Gasteiger partial charge in [0.15, 0.2) is 5.82 Å². The number of halogens is 2. The lowest BCUT2D eigenvalue weighted by Crippen LogP contribution is -2.50. The van der Waals surface area contributed by atoms with Crippen LogP contribution in [0.5, 0.6) is 0 Å². The highest BCUT2D eigenvalue weighted by Crippen LogP contribution is 2.26. The Morgan fingerprint density at radius 1 is 1.37 bits per heavy atom. The van der Waals surface area contributed by atoms with Gasteiger partial charge in [0, 0.05) is 18.9 Å². The Labute approximate surface area is 160 Å². The number of aromatic nitrogens is 5. The number of hydrogen-bond acceptors (Lipinski definition) is 6. The molecule has 8 nitrogen and oxygen atoms in total. The minimum Gasteiger partial charge on any atom is -0.358 e. The third-order valence-electron chi connectivity index (χ3n) is 4.28. The van der Waals surface area contributed by atoms with Crippen molar-refractivity contribution in [1.29, 1.82) is 0 Å². The molecule has 0 aliphatic rings. The maximum Gasteiger partial charge on any atom is 0.245 e. The van der Waals surface area contributed by atoms with E-state index in [0.717, 1.165) is 0 Å². The maximum atomic E-state index is 12.4. The van der Waals surface area contributed by atoms with Crippen LogP contribution in [0, 0.1) is 0 Å². The molecule has 0 spiro atoms. The van der Waals surface area contributed by atoms with Crippen LogP contribution in [0.2, 0.25) is 5.28 Å². The van der Waals surface area contributed by atoms with Gasteiger partial charge in [0.25, 0.3) is 0 Å². The first-order valence-corrected chi connectivity index (χ1v) is 8.80. The smallest absolute Gasteiger partial charge is 0.245 e. The van der Waals surface area contributed by atoms with E-state index in [-0.39, 0.29) is 17.7 Å². The van der Waals surface area contributed by atoms with Gasteiger partial charge in [0.05, 0.1) is 17.3 Å². The predicted octanol–water partition coefficient (Wildman–Crippen LogP) is 2.73. The molecule has 1 atom stereocenters. The van der Waals surface area contributed by atoms with Crippen molar-refractivity contribution in [2.75, 3.05) is 18.5 Å². The van der Waals surface area contributed by atoms with Crippen LogP contribution in [0.15, 0.2) is 24.7 Å². The molecule has 3 rings (SSSR count). The molecule has 3 aromatic heterocycles. The summed E-state index contributed by atoms with van der Waals surface area (Å²) in [6, 6.07) is 1.66. The minimum absolute atomic E-state index is 0.0269. The van der Waals surface area contributed by atoms with E-state index in [1.165, 1.54) is 0 Å². The van der Waals surface area contributed by atoms with E-state index in [1.807, 2.05) is 6.92 Å². The zero-order chi connectivity index (χ0) is 19.4. The van der Waals surface area contributed by atoms with Gasteiger partial charge in [-0.3, -0.25) is 4.79 Å². The molecular formula is C17H19ClFN7O. The fraction of sp³-hybridized carbons (Fsp3) is 0.353. The number of rotatable bonds is 7. The van der Waals surface area contributed by atoms with Crippen molar-refractivity contribution in [2.45, 2.75) is 25.8 Å². The number of nitrogens with zero attached hydrogens (tertiary/aromatic N) is 4. The van der Waals surface area contributed by atoms with Crippen LogP contribution in [-0.2, 0) is 4.79 Å². The second-order valence-corrected chi connectivity index (χ2v) is 6.46. The molecule has 27 heavy (non-hydrogen) atoms. The van der Waals surface area contributed by atoms with Gasteiger partial charge in [-0.1, -0.05) is 6.92 Å². The molecule has 3 N–H and O–H groups in total. The average molecular weight is 392 g/mol. The monoisotopic (exact) mass is 391 g/mol. The Morgan fingerprint density at radius 3 is 2.93 bits per heavy atom. The lowest BCUT2D eigenvalue weighted by molar-refractivity contribution is -0.125. The Kier molecular flexibility index (Phi) is 5.50. The van der Waals surface area contributed by atoms with E-state index in [9.17, 15) is 9.18 Å². The van der Waals surface area contributed by atoms with Crippen molar-refractivity contribution in [3.05, 3.63) is 29.9 Å². The number of alkyl halides is 1. The molecule has 0 fully saturated rings. The van der Waals surface area contributed by atoms with Crippen LogP contribution in [-0.4, -0.2) is 49.6 Å². The molecular weight excluding hydrogens is 373 g/mol. The van der Waals surface area contributed by atoms with Crippen LogP contribution in [0.1, 0.15) is 20.3 Å². The Hall–Kier alpha value is -2.81. The Balaban J connectivity index is 1.91. The van der Waals surface area contributed by atoms with E-state index in [4.69, 9.17) is 11.6 Å². The number of amides is 1. The van der Waals surface area contributed by atoms with Crippen molar-refractivity contribution in [1.82, 2.24) is 30.2 Å². The minimum atomic E-state index is -0.938. The molecule has 0 bridgehead atoms. The molecule has 3 aromatic rings. The molecule has 0 radical (unpaired) electrons. The SMILES string of the molecule is CCC(C)(Nc1ccnc(-c2c[nH]c3cnc(Cl)nc23)n1)C(=O)NCCF. The zero-order valence-electron chi connectivity index (χ0n) is 14.9. The van der Waals surface area contributed by atoms with Crippen molar-refractivity contribution in [2.24, 2.45) is 0 Å². The molecule has 1 amide bonds. The van der Waals surface area contributed by atoms with E-state index in [2.05, 4.69) is 35.6 Å². The van der Waals surface area contributed by atoms with Crippen LogP contribution in [0.25, 0.3) is 22.4 Å². The first-order chi connectivity index (χ1) is 13.0. The standard InChI is InChI=1S/C17H19ClFN7O/c1-3-17(2,15(27)21-7-5-19)26-12-4-6-20-14(24-12)10-8-22-11-9-23-16(18)25-13(10)11/h4,6,8-9,22H,3,5,7H2,1-2H3,(H,21,27)(H,20,24,26). The lowest BCUT2D eigenvalue weighted by Gasteiger charge is -2.28. The van der Waals surface area contributed by atoms with E-state index in [1.54, 1.807) is 31.6 Å². The highest BCUT2D eigenvalue weighted by Gasteiger charge is 2.31. The maximum absolute atomic E-state index is 12.4. The predicted molar refractivity (Wildman–Crippen MR) is 101 cm³/mol. The van der Waals surface area contributed by atoms with Crippen LogP contribution < -0.4 is 10.6 Å². The summed E-state index contributed by atoms with van der Waals surface area (Å²) in [6.45, 7) is 2.96. The number of H-pyrrole nitrogens is 1. The van der Waals surface area contributed by atoms with Gasteiger partial charge in [-0.25, -0.2) is 24.3 Å². The van der Waals surface area contributed by atoms with Gasteiger partial charge in [0.2, 0.25) is 11.2 Å². The summed E-state index contributed by atoms with van der Waals surface area (Å²) in [7, 11) is 0. The summed E-state index contributed by atoms with van der Waals surface area (Å²) < 4.78 is 12.4. The lowest BCUT2D eigenvalue weighted by atomic mass is 9.97. The Morgan fingerprint density at radius 2 is 2.19 bits per heavy atom. The molecule has 0 aliphatic heterocycles. The topological polar surface area (TPSA) is 108 Å². The first-order valence-electron chi connectivity index (χ1n) is 8.42. The van der Waals surface area contributed by atoms with Crippen LogP contribution in [0.4, 0.5) is 10.2 Å². The number of carbonyl (C=O) groups is 1. The van der Waals surface area contributed by atoms with E-state index < -0.39 is 12.2 Å². The Bertz CT molecular complexity index is 963. The van der Waals surface area contributed by atoms with Crippen LogP contribution in [0.3, 0.4) is 0 Å². The number of nitrogens with one attached hydrogen (secondary N) is 3. The fourth-order valence-corrected chi connectivity index (χ4v) is 2.70. The van der Waals surface area contributed by atoms with Crippen LogP contribution >= 0.6 is 11.6 Å². The largest absolute Gasteiger partial charge is 0.358 e. The van der Waals surface area contributed by atoms with Gasteiger partial charge in [-0.05, 0) is 31.0 Å². The molecule has 3 heterocycles. The quantitative estimate of drug-likeness (QED) is 0.534. The molecule has 0 aromatic carbocycles. The summed E-state index contributed by atoms with van der Waals surface area (Å²) >= 11 is 5.89. The number of anilines is 1. The molecule has 0 aliphatic carbocycles. The van der Waals surface area contributed by atoms with Crippen molar-refractivity contribution in [3.63, 3.8) is 0 Å². The molecule has 0 saturated carbocycles. The summed E-state index contributed by atoms with van der Waals surface area (Å²) in [5, 5.41) is 5.81. The van der Waals surface area contributed by atoms with Crippen molar-refractivity contribution >= 4 is 34.4 Å². The van der Waals surface area contributed by atoms with Gasteiger partial charge in [-0.15, -0.1) is 0 Å². The van der Waals surface area contributed by atoms with Gasteiger partial charge >= 0.3 is 0 Å². The molecule has 142 valence electrons. The first kappa shape index (κ1) is 19.0. The number of fused-ring (bicyclic) bond motifs is 1. The summed E-state index contributed by atoms with van der Waals surface area (Å²) in [4.78, 5) is 32.3. The normalized spacial score (nSPS) is 13.3. The zero-order valence-corrected chi connectivity index (χ0v) is 15.6. The van der Waals surface area contributed by atoms with E-state index >= 15 is 0 Å². The summed E-state index contributed by atoms with van der Waals surface area (Å²) in [5.41, 5.74) is 1.04. The van der Waals surface area contributed by atoms with Gasteiger partial charge < -0.3 is 15.6 Å². The van der Waals surface area contributed by atoms with Crippen molar-refractivity contribution in [3.8, 4) is 11.4 Å². The second kappa shape index (κ2) is 7.83. The van der Waals surface area contributed by atoms with E-state index in [0.29, 0.717) is 34.7 Å².